The van der Waals surface area contributed by atoms with Gasteiger partial charge < -0.3 is 9.64 Å². The topological polar surface area (TPSA) is 49.9 Å². The van der Waals surface area contributed by atoms with Gasteiger partial charge in [-0.25, -0.2) is 17.1 Å². The van der Waals surface area contributed by atoms with Gasteiger partial charge in [-0.3, -0.25) is 0 Å². The summed E-state index contributed by atoms with van der Waals surface area (Å²) in [6.45, 7) is 1.58. The molecule has 0 bridgehead atoms. The molecule has 1 fully saturated rings. The van der Waals surface area contributed by atoms with E-state index in [1.807, 2.05) is 7.05 Å². The summed E-state index contributed by atoms with van der Waals surface area (Å²) in [6, 6.07) is 5.83. The van der Waals surface area contributed by atoms with E-state index in [9.17, 15) is 12.8 Å². The summed E-state index contributed by atoms with van der Waals surface area (Å²) in [7, 11) is 0.292. The number of hydrogen-bond acceptors (Lipinski definition) is 4. The first kappa shape index (κ1) is 17.2. The second-order valence-electron chi connectivity index (χ2n) is 5.68. The molecule has 1 aliphatic rings. The molecule has 0 radical (unpaired) electrons. The fraction of sp³-hybridized carbons (Fsp3) is 0.600. The second-order valence-corrected chi connectivity index (χ2v) is 7.87. The molecule has 0 spiro atoms. The van der Waals surface area contributed by atoms with Crippen molar-refractivity contribution in [2.24, 2.45) is 0 Å². The third-order valence-electron chi connectivity index (χ3n) is 4.04. The van der Waals surface area contributed by atoms with Gasteiger partial charge in [-0.15, -0.1) is 0 Å². The van der Waals surface area contributed by atoms with Crippen LogP contribution in [0.25, 0.3) is 0 Å². The van der Waals surface area contributed by atoms with Crippen LogP contribution in [-0.4, -0.2) is 63.2 Å². The third-order valence-corrected chi connectivity index (χ3v) is 5.82. The highest BCUT2D eigenvalue weighted by atomic mass is 32.2. The SMILES string of the molecule is CN1CCCC1CN(C)S(=O)(=O)CCOc1ccc(F)cc1. The largest absolute Gasteiger partial charge is 0.492 e. The number of likely N-dealkylation sites (tertiary alicyclic amines) is 1. The Balaban J connectivity index is 1.81. The van der Waals surface area contributed by atoms with E-state index in [1.165, 1.54) is 28.6 Å². The Morgan fingerprint density at radius 1 is 1.36 bits per heavy atom. The summed E-state index contributed by atoms with van der Waals surface area (Å²) < 4.78 is 44.0. The van der Waals surface area contributed by atoms with E-state index in [0.29, 0.717) is 12.3 Å². The number of nitrogens with zero attached hydrogens (tertiary/aromatic N) is 2. The molecule has 0 aliphatic carbocycles. The van der Waals surface area contributed by atoms with Crippen LogP contribution in [0.15, 0.2) is 24.3 Å². The first-order valence-electron chi connectivity index (χ1n) is 7.41. The van der Waals surface area contributed by atoms with Gasteiger partial charge in [0.05, 0.1) is 5.75 Å². The van der Waals surface area contributed by atoms with Gasteiger partial charge in [-0.1, -0.05) is 0 Å². The third kappa shape index (κ3) is 4.66. The molecular weight excluding hydrogens is 307 g/mol. The minimum Gasteiger partial charge on any atom is -0.492 e. The van der Waals surface area contributed by atoms with Crippen LogP contribution < -0.4 is 4.74 Å². The highest BCUT2D eigenvalue weighted by Gasteiger charge is 2.26. The van der Waals surface area contributed by atoms with Gasteiger partial charge in [0.2, 0.25) is 10.0 Å². The van der Waals surface area contributed by atoms with Crippen LogP contribution in [0.3, 0.4) is 0 Å². The van der Waals surface area contributed by atoms with Gasteiger partial charge in [0, 0.05) is 19.6 Å². The van der Waals surface area contributed by atoms with Gasteiger partial charge in [0.15, 0.2) is 0 Å². The van der Waals surface area contributed by atoms with Crippen LogP contribution in [0, 0.1) is 5.82 Å². The summed E-state index contributed by atoms with van der Waals surface area (Å²) in [4.78, 5) is 2.20. The first-order chi connectivity index (χ1) is 10.4. The van der Waals surface area contributed by atoms with Crippen molar-refractivity contribution in [3.05, 3.63) is 30.1 Å². The molecule has 2 rings (SSSR count). The van der Waals surface area contributed by atoms with E-state index in [2.05, 4.69) is 4.90 Å². The van der Waals surface area contributed by atoms with Gasteiger partial charge in [-0.2, -0.15) is 0 Å². The lowest BCUT2D eigenvalue weighted by atomic mass is 10.2. The lowest BCUT2D eigenvalue weighted by Crippen LogP contribution is -2.41. The number of benzene rings is 1. The van der Waals surface area contributed by atoms with Crippen molar-refractivity contribution < 1.29 is 17.5 Å². The predicted octanol–water partition coefficient (Wildman–Crippen LogP) is 1.56. The van der Waals surface area contributed by atoms with Crippen LogP contribution in [0.4, 0.5) is 4.39 Å². The van der Waals surface area contributed by atoms with Gasteiger partial charge >= 0.3 is 0 Å². The van der Waals surface area contributed by atoms with Crippen LogP contribution >= 0.6 is 0 Å². The van der Waals surface area contributed by atoms with Gasteiger partial charge in [0.25, 0.3) is 0 Å². The van der Waals surface area contributed by atoms with Crippen molar-refractivity contribution in [2.75, 3.05) is 39.5 Å². The minimum atomic E-state index is -3.34. The number of halogens is 1. The maximum Gasteiger partial charge on any atom is 0.217 e. The molecule has 1 unspecified atom stereocenters. The van der Waals surface area contributed by atoms with E-state index < -0.39 is 10.0 Å². The van der Waals surface area contributed by atoms with E-state index in [4.69, 9.17) is 4.74 Å². The number of rotatable bonds is 7. The Morgan fingerprint density at radius 2 is 2.05 bits per heavy atom. The number of hydrogen-bond donors (Lipinski definition) is 0. The van der Waals surface area contributed by atoms with Gasteiger partial charge in [0.1, 0.15) is 18.2 Å². The minimum absolute atomic E-state index is 0.0544. The molecule has 1 aromatic carbocycles. The lowest BCUT2D eigenvalue weighted by molar-refractivity contribution is 0.269. The fourth-order valence-corrected chi connectivity index (χ4v) is 3.58. The molecule has 7 heteroatoms. The molecule has 1 aromatic rings. The Kier molecular flexibility index (Phi) is 5.77. The summed E-state index contributed by atoms with van der Waals surface area (Å²) in [5.74, 6) is 0.0345. The average molecular weight is 330 g/mol. The summed E-state index contributed by atoms with van der Waals surface area (Å²) in [6.07, 6.45) is 2.14. The molecule has 22 heavy (non-hydrogen) atoms. The maximum absolute atomic E-state index is 12.8. The van der Waals surface area contributed by atoms with E-state index in [1.54, 1.807) is 7.05 Å². The molecule has 0 aromatic heterocycles. The molecule has 5 nitrogen and oxygen atoms in total. The molecule has 124 valence electrons. The van der Waals surface area contributed by atoms with Crippen LogP contribution in [0.1, 0.15) is 12.8 Å². The number of ether oxygens (including phenoxy) is 1. The zero-order chi connectivity index (χ0) is 16.2. The molecular formula is C15H23FN2O3S. The van der Waals surface area contributed by atoms with Crippen molar-refractivity contribution in [1.29, 1.82) is 0 Å². The van der Waals surface area contributed by atoms with Crippen molar-refractivity contribution in [1.82, 2.24) is 9.21 Å². The Morgan fingerprint density at radius 3 is 2.64 bits per heavy atom. The van der Waals surface area contributed by atoms with Crippen LogP contribution in [-0.2, 0) is 10.0 Å². The standard InChI is InChI=1S/C15H23FN2O3S/c1-17-9-3-4-14(17)12-18(2)22(19,20)11-10-21-15-7-5-13(16)6-8-15/h5-8,14H,3-4,9-12H2,1-2H3. The molecule has 1 saturated heterocycles. The van der Waals surface area contributed by atoms with Crippen LogP contribution in [0.2, 0.25) is 0 Å². The lowest BCUT2D eigenvalue weighted by Gasteiger charge is -2.25. The second kappa shape index (κ2) is 7.39. The summed E-state index contributed by atoms with van der Waals surface area (Å²) in [5.41, 5.74) is 0. The smallest absolute Gasteiger partial charge is 0.217 e. The molecule has 1 atom stereocenters. The monoisotopic (exact) mass is 330 g/mol. The first-order valence-corrected chi connectivity index (χ1v) is 9.02. The molecule has 1 aliphatic heterocycles. The fourth-order valence-electron chi connectivity index (χ4n) is 2.57. The normalized spacial score (nSPS) is 19.7. The van der Waals surface area contributed by atoms with E-state index in [0.717, 1.165) is 19.4 Å². The number of likely N-dealkylation sites (N-methyl/N-ethyl adjacent to an activating group) is 2. The highest BCUT2D eigenvalue weighted by molar-refractivity contribution is 7.89. The quantitative estimate of drug-likeness (QED) is 0.761. The van der Waals surface area contributed by atoms with Crippen molar-refractivity contribution >= 4 is 10.0 Å². The maximum atomic E-state index is 12.8. The zero-order valence-electron chi connectivity index (χ0n) is 13.0. The summed E-state index contributed by atoms with van der Waals surface area (Å²) in [5, 5.41) is 0. The number of sulfonamides is 1. The van der Waals surface area contributed by atoms with E-state index in [-0.39, 0.29) is 24.2 Å². The van der Waals surface area contributed by atoms with Crippen molar-refractivity contribution in [3.8, 4) is 5.75 Å². The van der Waals surface area contributed by atoms with Crippen molar-refractivity contribution in [3.63, 3.8) is 0 Å². The van der Waals surface area contributed by atoms with Crippen molar-refractivity contribution in [2.45, 2.75) is 18.9 Å². The summed E-state index contributed by atoms with van der Waals surface area (Å²) >= 11 is 0. The molecule has 0 N–H and O–H groups in total. The molecule has 1 heterocycles. The Bertz CT molecular complexity index is 577. The predicted molar refractivity (Wildman–Crippen MR) is 84.0 cm³/mol. The average Bonchev–Trinajstić information content (AvgIpc) is 2.86. The van der Waals surface area contributed by atoms with E-state index >= 15 is 0 Å². The Labute approximate surface area is 131 Å². The molecule has 0 amide bonds. The van der Waals surface area contributed by atoms with Crippen LogP contribution in [0.5, 0.6) is 5.75 Å². The van der Waals surface area contributed by atoms with Gasteiger partial charge in [-0.05, 0) is 50.7 Å². The molecule has 0 saturated carbocycles. The highest BCUT2D eigenvalue weighted by Crippen LogP contribution is 2.17. The Hall–Kier alpha value is -1.18. The zero-order valence-corrected chi connectivity index (χ0v) is 13.9.